The van der Waals surface area contributed by atoms with E-state index >= 15 is 0 Å². The van der Waals surface area contributed by atoms with Gasteiger partial charge in [-0.2, -0.15) is 17.7 Å². The standard InChI is InChI=1S/C13H13BrClN3O2S/c14-10-7-9(15)1-2-12(10)20-8-18-5-3-11(17-18)13(19)16-4-6-21/h1-3,5,7,21H,4,6,8H2,(H,16,19). The van der Waals surface area contributed by atoms with Crippen LogP contribution in [0.1, 0.15) is 10.5 Å². The van der Waals surface area contributed by atoms with E-state index in [1.807, 2.05) is 0 Å². The molecule has 0 fully saturated rings. The largest absolute Gasteiger partial charge is 0.470 e. The topological polar surface area (TPSA) is 56.2 Å². The normalized spacial score (nSPS) is 10.4. The molecular weight excluding hydrogens is 378 g/mol. The summed E-state index contributed by atoms with van der Waals surface area (Å²) in [6.07, 6.45) is 1.68. The van der Waals surface area contributed by atoms with E-state index in [0.29, 0.717) is 28.8 Å². The van der Waals surface area contributed by atoms with Crippen molar-refractivity contribution in [3.05, 3.63) is 45.7 Å². The molecule has 0 saturated carbocycles. The van der Waals surface area contributed by atoms with Gasteiger partial charge in [-0.15, -0.1) is 0 Å². The molecule has 0 aliphatic carbocycles. The number of nitrogens with one attached hydrogen (secondary N) is 1. The Balaban J connectivity index is 1.95. The summed E-state index contributed by atoms with van der Waals surface area (Å²) >= 11 is 13.3. The average molecular weight is 391 g/mol. The molecule has 1 N–H and O–H groups in total. The van der Waals surface area contributed by atoms with Crippen molar-refractivity contribution >= 4 is 46.1 Å². The lowest BCUT2D eigenvalue weighted by atomic mass is 10.3. The van der Waals surface area contributed by atoms with E-state index in [1.54, 1.807) is 30.5 Å². The van der Waals surface area contributed by atoms with Crippen LogP contribution < -0.4 is 10.1 Å². The van der Waals surface area contributed by atoms with E-state index in [0.717, 1.165) is 4.47 Å². The van der Waals surface area contributed by atoms with Crippen molar-refractivity contribution in [3.63, 3.8) is 0 Å². The van der Waals surface area contributed by atoms with Gasteiger partial charge in [-0.25, -0.2) is 4.68 Å². The molecule has 21 heavy (non-hydrogen) atoms. The first-order chi connectivity index (χ1) is 10.1. The maximum Gasteiger partial charge on any atom is 0.271 e. The number of aromatic nitrogens is 2. The monoisotopic (exact) mass is 389 g/mol. The number of hydrogen-bond donors (Lipinski definition) is 2. The molecule has 0 atom stereocenters. The molecule has 0 bridgehead atoms. The third-order valence-corrected chi connectivity index (χ3v) is 3.60. The molecule has 5 nitrogen and oxygen atoms in total. The van der Waals surface area contributed by atoms with Crippen LogP contribution in [0, 0.1) is 0 Å². The van der Waals surface area contributed by atoms with Crippen LogP contribution in [0.5, 0.6) is 5.75 Å². The van der Waals surface area contributed by atoms with Crippen LogP contribution in [0.4, 0.5) is 0 Å². The fourth-order valence-corrected chi connectivity index (χ4v) is 2.45. The zero-order chi connectivity index (χ0) is 15.2. The Hall–Kier alpha value is -1.18. The van der Waals surface area contributed by atoms with Gasteiger partial charge in [-0.1, -0.05) is 11.6 Å². The number of carbonyl (C=O) groups excluding carboxylic acids is 1. The quantitative estimate of drug-likeness (QED) is 0.746. The third kappa shape index (κ3) is 4.66. The van der Waals surface area contributed by atoms with Crippen LogP contribution >= 0.6 is 40.2 Å². The number of hydrogen-bond acceptors (Lipinski definition) is 4. The Kier molecular flexibility index (Phi) is 5.96. The molecule has 0 radical (unpaired) electrons. The molecule has 1 aromatic carbocycles. The summed E-state index contributed by atoms with van der Waals surface area (Å²) in [7, 11) is 0. The number of halogens is 2. The molecule has 112 valence electrons. The van der Waals surface area contributed by atoms with E-state index in [9.17, 15) is 4.79 Å². The van der Waals surface area contributed by atoms with Crippen molar-refractivity contribution in [1.29, 1.82) is 0 Å². The van der Waals surface area contributed by atoms with Gasteiger partial charge in [0.2, 0.25) is 0 Å². The Bertz CT molecular complexity index is 636. The van der Waals surface area contributed by atoms with Crippen molar-refractivity contribution in [2.24, 2.45) is 0 Å². The van der Waals surface area contributed by atoms with Gasteiger partial charge in [0, 0.05) is 23.5 Å². The maximum atomic E-state index is 11.7. The second kappa shape index (κ2) is 7.72. The van der Waals surface area contributed by atoms with E-state index < -0.39 is 0 Å². The molecular formula is C13H13BrClN3O2S. The summed E-state index contributed by atoms with van der Waals surface area (Å²) in [5.74, 6) is 1.01. The van der Waals surface area contributed by atoms with E-state index in [-0.39, 0.29) is 12.6 Å². The predicted molar refractivity (Wildman–Crippen MR) is 88.2 cm³/mol. The molecule has 0 aliphatic heterocycles. The highest BCUT2D eigenvalue weighted by Crippen LogP contribution is 2.28. The minimum Gasteiger partial charge on any atom is -0.470 e. The number of amides is 1. The van der Waals surface area contributed by atoms with Crippen LogP contribution in [-0.4, -0.2) is 28.0 Å². The van der Waals surface area contributed by atoms with Gasteiger partial charge in [0.25, 0.3) is 5.91 Å². The fraction of sp³-hybridized carbons (Fsp3) is 0.231. The Morgan fingerprint density at radius 3 is 3.00 bits per heavy atom. The first-order valence-electron chi connectivity index (χ1n) is 6.10. The SMILES string of the molecule is O=C(NCCS)c1ccn(COc2ccc(Cl)cc2Br)n1. The fourth-order valence-electron chi connectivity index (χ4n) is 1.54. The molecule has 1 amide bonds. The molecule has 1 aromatic heterocycles. The van der Waals surface area contributed by atoms with Crippen molar-refractivity contribution in [3.8, 4) is 5.75 Å². The molecule has 0 unspecified atom stereocenters. The smallest absolute Gasteiger partial charge is 0.271 e. The minimum absolute atomic E-state index is 0.195. The van der Waals surface area contributed by atoms with Gasteiger partial charge in [0.05, 0.1) is 4.47 Å². The second-order valence-electron chi connectivity index (χ2n) is 4.07. The Morgan fingerprint density at radius 1 is 1.48 bits per heavy atom. The van der Waals surface area contributed by atoms with E-state index in [4.69, 9.17) is 16.3 Å². The lowest BCUT2D eigenvalue weighted by molar-refractivity contribution is 0.0949. The number of thiol groups is 1. The second-order valence-corrected chi connectivity index (χ2v) is 5.81. The number of rotatable bonds is 6. The van der Waals surface area contributed by atoms with Crippen LogP contribution in [0.2, 0.25) is 5.02 Å². The number of nitrogens with zero attached hydrogens (tertiary/aromatic N) is 2. The summed E-state index contributed by atoms with van der Waals surface area (Å²) in [6.45, 7) is 0.698. The summed E-state index contributed by atoms with van der Waals surface area (Å²) in [6, 6.07) is 6.88. The van der Waals surface area contributed by atoms with Gasteiger partial charge in [-0.05, 0) is 40.2 Å². The highest BCUT2D eigenvalue weighted by Gasteiger charge is 2.09. The van der Waals surface area contributed by atoms with Crippen molar-refractivity contribution in [1.82, 2.24) is 15.1 Å². The molecule has 1 heterocycles. The van der Waals surface area contributed by atoms with Crippen molar-refractivity contribution in [2.75, 3.05) is 12.3 Å². The Labute approximate surface area is 141 Å². The molecule has 0 aliphatic rings. The predicted octanol–water partition coefficient (Wildman–Crippen LogP) is 3.00. The summed E-state index contributed by atoms with van der Waals surface area (Å²) < 4.78 is 7.90. The summed E-state index contributed by atoms with van der Waals surface area (Å²) in [4.78, 5) is 11.7. The zero-order valence-electron chi connectivity index (χ0n) is 10.9. The molecule has 2 aromatic rings. The Morgan fingerprint density at radius 2 is 2.29 bits per heavy atom. The van der Waals surface area contributed by atoms with Crippen LogP contribution in [0.3, 0.4) is 0 Å². The lowest BCUT2D eigenvalue weighted by Gasteiger charge is -2.08. The molecule has 0 saturated heterocycles. The van der Waals surface area contributed by atoms with Crippen LogP contribution in [-0.2, 0) is 6.73 Å². The van der Waals surface area contributed by atoms with Crippen LogP contribution in [0.15, 0.2) is 34.9 Å². The molecule has 2 rings (SSSR count). The van der Waals surface area contributed by atoms with Gasteiger partial charge in [-0.3, -0.25) is 4.79 Å². The van der Waals surface area contributed by atoms with Gasteiger partial charge < -0.3 is 10.1 Å². The van der Waals surface area contributed by atoms with Crippen LogP contribution in [0.25, 0.3) is 0 Å². The minimum atomic E-state index is -0.226. The first kappa shape index (κ1) is 16.2. The third-order valence-electron chi connectivity index (χ3n) is 2.52. The summed E-state index contributed by atoms with van der Waals surface area (Å²) in [5, 5.41) is 7.46. The van der Waals surface area contributed by atoms with E-state index in [1.165, 1.54) is 4.68 Å². The highest BCUT2D eigenvalue weighted by atomic mass is 79.9. The molecule has 8 heteroatoms. The zero-order valence-corrected chi connectivity index (χ0v) is 14.2. The molecule has 0 spiro atoms. The lowest BCUT2D eigenvalue weighted by Crippen LogP contribution is -2.26. The maximum absolute atomic E-state index is 11.7. The first-order valence-corrected chi connectivity index (χ1v) is 7.91. The van der Waals surface area contributed by atoms with Gasteiger partial charge in [0.1, 0.15) is 11.4 Å². The number of ether oxygens (including phenoxy) is 1. The van der Waals surface area contributed by atoms with Gasteiger partial charge >= 0.3 is 0 Å². The van der Waals surface area contributed by atoms with Gasteiger partial charge in [0.15, 0.2) is 6.73 Å². The number of carbonyl (C=O) groups is 1. The van der Waals surface area contributed by atoms with E-state index in [2.05, 4.69) is 39.0 Å². The summed E-state index contributed by atoms with van der Waals surface area (Å²) in [5.41, 5.74) is 0.343. The average Bonchev–Trinajstić information content (AvgIpc) is 2.93. The highest BCUT2D eigenvalue weighted by molar-refractivity contribution is 9.10. The van der Waals surface area contributed by atoms with Crippen molar-refractivity contribution < 1.29 is 9.53 Å². The van der Waals surface area contributed by atoms with Crippen molar-refractivity contribution in [2.45, 2.75) is 6.73 Å². The number of benzene rings is 1.